The Balaban J connectivity index is 1.76. The van der Waals surface area contributed by atoms with Gasteiger partial charge in [-0.1, -0.05) is 0 Å². The lowest BCUT2D eigenvalue weighted by atomic mass is 10.1. The second kappa shape index (κ2) is 7.37. The number of hydrogen-bond acceptors (Lipinski definition) is 6. The van der Waals surface area contributed by atoms with Crippen LogP contribution in [0.15, 0.2) is 41.7 Å². The lowest BCUT2D eigenvalue weighted by Crippen LogP contribution is -2.44. The molecule has 0 aliphatic carbocycles. The van der Waals surface area contributed by atoms with Crippen LogP contribution in [0.3, 0.4) is 0 Å². The van der Waals surface area contributed by atoms with Gasteiger partial charge < -0.3 is 9.47 Å². The van der Waals surface area contributed by atoms with Crippen LogP contribution in [0.25, 0.3) is 0 Å². The quantitative estimate of drug-likeness (QED) is 0.808. The summed E-state index contributed by atoms with van der Waals surface area (Å²) in [4.78, 5) is 8.31. The maximum Gasteiger partial charge on any atom is 0.243 e. The molecule has 1 atom stereocenters. The first kappa shape index (κ1) is 17.6. The molecule has 2 heterocycles. The number of sulfonamides is 1. The average Bonchev–Trinajstić information content (AvgIpc) is 2.62. The van der Waals surface area contributed by atoms with E-state index >= 15 is 0 Å². The third-order valence-electron chi connectivity index (χ3n) is 4.17. The fraction of sp³-hybridized carbons (Fsp3) is 0.412. The molecule has 0 bridgehead atoms. The van der Waals surface area contributed by atoms with Crippen molar-refractivity contribution < 1.29 is 17.9 Å². The minimum Gasteiger partial charge on any atom is -0.496 e. The van der Waals surface area contributed by atoms with E-state index in [-0.39, 0.29) is 11.0 Å². The van der Waals surface area contributed by atoms with Crippen LogP contribution in [0.5, 0.6) is 11.6 Å². The van der Waals surface area contributed by atoms with Crippen molar-refractivity contribution >= 4 is 10.0 Å². The molecule has 3 rings (SSSR count). The van der Waals surface area contributed by atoms with Crippen molar-refractivity contribution in [2.75, 3.05) is 20.2 Å². The normalized spacial score (nSPS) is 18.7. The average molecular weight is 363 g/mol. The topological polar surface area (TPSA) is 81.6 Å². The molecule has 0 spiro atoms. The summed E-state index contributed by atoms with van der Waals surface area (Å²) in [5, 5.41) is 0. The van der Waals surface area contributed by atoms with Crippen molar-refractivity contribution in [1.29, 1.82) is 0 Å². The Labute approximate surface area is 147 Å². The van der Waals surface area contributed by atoms with Crippen LogP contribution in [0, 0.1) is 6.92 Å². The Kier molecular flexibility index (Phi) is 5.19. The maximum atomic E-state index is 12.9. The van der Waals surface area contributed by atoms with Crippen LogP contribution in [0.1, 0.15) is 18.4 Å². The van der Waals surface area contributed by atoms with Crippen molar-refractivity contribution in [3.63, 3.8) is 0 Å². The van der Waals surface area contributed by atoms with Gasteiger partial charge >= 0.3 is 0 Å². The summed E-state index contributed by atoms with van der Waals surface area (Å²) in [5.41, 5.74) is 0.785. The first-order valence-electron chi connectivity index (χ1n) is 8.08. The summed E-state index contributed by atoms with van der Waals surface area (Å²) in [6, 6.07) is 4.90. The van der Waals surface area contributed by atoms with E-state index in [4.69, 9.17) is 9.47 Å². The highest BCUT2D eigenvalue weighted by atomic mass is 32.2. The number of nitrogens with zero attached hydrogens (tertiary/aromatic N) is 3. The van der Waals surface area contributed by atoms with E-state index < -0.39 is 10.0 Å². The molecule has 8 heteroatoms. The van der Waals surface area contributed by atoms with Crippen molar-refractivity contribution in [1.82, 2.24) is 14.3 Å². The summed E-state index contributed by atoms with van der Waals surface area (Å²) in [6.07, 6.45) is 5.92. The monoisotopic (exact) mass is 363 g/mol. The van der Waals surface area contributed by atoms with Gasteiger partial charge in [0.1, 0.15) is 11.9 Å². The van der Waals surface area contributed by atoms with Crippen molar-refractivity contribution in [3.05, 3.63) is 42.4 Å². The van der Waals surface area contributed by atoms with Gasteiger partial charge in [-0.05, 0) is 43.5 Å². The van der Waals surface area contributed by atoms with Crippen LogP contribution in [-0.4, -0.2) is 49.0 Å². The lowest BCUT2D eigenvalue weighted by Gasteiger charge is -2.31. The lowest BCUT2D eigenvalue weighted by molar-refractivity contribution is 0.124. The molecule has 2 aromatic rings. The van der Waals surface area contributed by atoms with E-state index in [0.29, 0.717) is 24.7 Å². The summed E-state index contributed by atoms with van der Waals surface area (Å²) < 4.78 is 38.3. The molecule has 1 aliphatic rings. The molecule has 0 radical (unpaired) electrons. The molecule has 1 saturated heterocycles. The number of ether oxygens (including phenoxy) is 2. The highest BCUT2D eigenvalue weighted by molar-refractivity contribution is 7.89. The number of hydrogen-bond donors (Lipinski definition) is 0. The SMILES string of the molecule is COc1ccc(S(=O)(=O)N2CCCC(Oc3cnccn3)C2)cc1C. The van der Waals surface area contributed by atoms with Gasteiger partial charge in [-0.2, -0.15) is 4.31 Å². The summed E-state index contributed by atoms with van der Waals surface area (Å²) in [6.45, 7) is 2.60. The number of rotatable bonds is 5. The number of aromatic nitrogens is 2. The molecule has 1 aromatic heterocycles. The number of methoxy groups -OCH3 is 1. The second-order valence-corrected chi connectivity index (χ2v) is 7.86. The largest absolute Gasteiger partial charge is 0.496 e. The van der Waals surface area contributed by atoms with Crippen LogP contribution in [-0.2, 0) is 10.0 Å². The Morgan fingerprint density at radius 2 is 2.12 bits per heavy atom. The molecule has 0 saturated carbocycles. The van der Waals surface area contributed by atoms with Gasteiger partial charge in [0, 0.05) is 18.9 Å². The standard InChI is InChI=1S/C17H21N3O4S/c1-13-10-15(5-6-16(13)23-2)25(21,22)20-9-3-4-14(12-20)24-17-11-18-7-8-19-17/h5-8,10-11,14H,3-4,9,12H2,1-2H3. The van der Waals surface area contributed by atoms with E-state index in [9.17, 15) is 8.42 Å². The first-order valence-corrected chi connectivity index (χ1v) is 9.52. The van der Waals surface area contributed by atoms with Gasteiger partial charge in [-0.25, -0.2) is 13.4 Å². The number of piperidine rings is 1. The molecule has 7 nitrogen and oxygen atoms in total. The fourth-order valence-corrected chi connectivity index (χ4v) is 4.49. The van der Waals surface area contributed by atoms with Gasteiger partial charge in [0.05, 0.1) is 24.7 Å². The van der Waals surface area contributed by atoms with Crippen molar-refractivity contribution in [3.8, 4) is 11.6 Å². The van der Waals surface area contributed by atoms with Gasteiger partial charge in [0.25, 0.3) is 0 Å². The summed E-state index contributed by atoms with van der Waals surface area (Å²) >= 11 is 0. The van der Waals surface area contributed by atoms with Gasteiger partial charge in [0.15, 0.2) is 0 Å². The molecule has 1 unspecified atom stereocenters. The molecule has 0 amide bonds. The predicted molar refractivity (Wildman–Crippen MR) is 92.2 cm³/mol. The molecule has 0 N–H and O–H groups in total. The van der Waals surface area contributed by atoms with Crippen molar-refractivity contribution in [2.45, 2.75) is 30.8 Å². The molecule has 25 heavy (non-hydrogen) atoms. The minimum absolute atomic E-state index is 0.237. The number of benzene rings is 1. The second-order valence-electron chi connectivity index (χ2n) is 5.92. The van der Waals surface area contributed by atoms with Crippen LogP contribution < -0.4 is 9.47 Å². The first-order chi connectivity index (χ1) is 12.0. The molecule has 134 valence electrons. The zero-order valence-electron chi connectivity index (χ0n) is 14.3. The van der Waals surface area contributed by atoms with E-state index in [1.165, 1.54) is 10.5 Å². The Morgan fingerprint density at radius 3 is 2.80 bits per heavy atom. The Hall–Kier alpha value is -2.19. The Morgan fingerprint density at radius 1 is 1.28 bits per heavy atom. The van der Waals surface area contributed by atoms with E-state index in [0.717, 1.165) is 18.4 Å². The Bertz CT molecular complexity index is 827. The molecule has 1 fully saturated rings. The third kappa shape index (κ3) is 3.91. The van der Waals surface area contributed by atoms with E-state index in [2.05, 4.69) is 9.97 Å². The molecular weight excluding hydrogens is 342 g/mol. The molecular formula is C17H21N3O4S. The third-order valence-corrected chi connectivity index (χ3v) is 6.03. The van der Waals surface area contributed by atoms with Crippen LogP contribution in [0.2, 0.25) is 0 Å². The zero-order chi connectivity index (χ0) is 17.9. The van der Waals surface area contributed by atoms with E-state index in [1.54, 1.807) is 37.7 Å². The van der Waals surface area contributed by atoms with Crippen molar-refractivity contribution in [2.24, 2.45) is 0 Å². The molecule has 1 aliphatic heterocycles. The summed E-state index contributed by atoms with van der Waals surface area (Å²) in [7, 11) is -2.01. The predicted octanol–water partition coefficient (Wildman–Crippen LogP) is 2.03. The van der Waals surface area contributed by atoms with E-state index in [1.807, 2.05) is 6.92 Å². The smallest absolute Gasteiger partial charge is 0.243 e. The highest BCUT2D eigenvalue weighted by Gasteiger charge is 2.31. The highest BCUT2D eigenvalue weighted by Crippen LogP contribution is 2.26. The van der Waals surface area contributed by atoms with Gasteiger partial charge in [-0.3, -0.25) is 4.98 Å². The zero-order valence-corrected chi connectivity index (χ0v) is 15.1. The maximum absolute atomic E-state index is 12.9. The van der Waals surface area contributed by atoms with Gasteiger partial charge in [0.2, 0.25) is 15.9 Å². The summed E-state index contributed by atoms with van der Waals surface area (Å²) in [5.74, 6) is 1.08. The van der Waals surface area contributed by atoms with Gasteiger partial charge in [-0.15, -0.1) is 0 Å². The van der Waals surface area contributed by atoms with Crippen LogP contribution in [0.4, 0.5) is 0 Å². The van der Waals surface area contributed by atoms with Crippen LogP contribution >= 0.6 is 0 Å². The number of aryl methyl sites for hydroxylation is 1. The molecule has 1 aromatic carbocycles. The minimum atomic E-state index is -3.57. The fourth-order valence-electron chi connectivity index (χ4n) is 2.90.